The molecule has 0 fully saturated rings. The van der Waals surface area contributed by atoms with E-state index in [1.807, 2.05) is 60.7 Å². The maximum Gasteiger partial charge on any atom is 0.287 e. The highest BCUT2D eigenvalue weighted by molar-refractivity contribution is 9.10. The number of aromatic nitrogens is 2. The number of nitrogens with one attached hydrogen (secondary N) is 3. The molecule has 0 saturated carbocycles. The number of fused-ring (bicyclic) bond motifs is 1. The van der Waals surface area contributed by atoms with E-state index in [-0.39, 0.29) is 5.91 Å². The molecule has 4 rings (SSSR count). The summed E-state index contributed by atoms with van der Waals surface area (Å²) in [7, 11) is 1.62. The zero-order chi connectivity index (χ0) is 21.1. The molecule has 0 unspecified atom stereocenters. The minimum atomic E-state index is -0.355. The number of methoxy groups -OCH3 is 1. The van der Waals surface area contributed by atoms with Crippen LogP contribution in [0.4, 0.5) is 0 Å². The fourth-order valence-corrected chi connectivity index (χ4v) is 3.44. The van der Waals surface area contributed by atoms with E-state index in [0.29, 0.717) is 22.8 Å². The van der Waals surface area contributed by atoms with Gasteiger partial charge in [-0.1, -0.05) is 65.0 Å². The Kier molecular flexibility index (Phi) is 5.54. The molecule has 0 bridgehead atoms. The Morgan fingerprint density at radius 1 is 1.07 bits per heavy atom. The van der Waals surface area contributed by atoms with Crippen molar-refractivity contribution in [2.75, 3.05) is 7.11 Å². The van der Waals surface area contributed by atoms with Gasteiger partial charge in [0, 0.05) is 4.47 Å². The number of hydrazine groups is 1. The zero-order valence-corrected chi connectivity index (χ0v) is 17.8. The molecule has 0 atom stereocenters. The van der Waals surface area contributed by atoms with Gasteiger partial charge in [0.05, 0.1) is 24.1 Å². The maximum atomic E-state index is 12.6. The fraction of sp³-hybridized carbons (Fsp3) is 0.0435. The minimum Gasteiger partial charge on any atom is -0.496 e. The summed E-state index contributed by atoms with van der Waals surface area (Å²) in [5.41, 5.74) is 8.69. The lowest BCUT2D eigenvalue weighted by Gasteiger charge is -2.10. The first-order valence-corrected chi connectivity index (χ1v) is 9.99. The predicted octanol–water partition coefficient (Wildman–Crippen LogP) is 4.91. The molecular formula is C23H19BrN4O2. The highest BCUT2D eigenvalue weighted by Gasteiger charge is 2.16. The van der Waals surface area contributed by atoms with Gasteiger partial charge in [-0.15, -0.1) is 0 Å². The number of aromatic amines is 1. The molecule has 6 nitrogen and oxygen atoms in total. The third kappa shape index (κ3) is 3.92. The monoisotopic (exact) mass is 462 g/mol. The molecule has 1 aromatic heterocycles. The third-order valence-corrected chi connectivity index (χ3v) is 5.24. The van der Waals surface area contributed by atoms with Crippen molar-refractivity contribution in [2.45, 2.75) is 0 Å². The van der Waals surface area contributed by atoms with Crippen molar-refractivity contribution in [3.05, 3.63) is 89.0 Å². The van der Waals surface area contributed by atoms with Crippen LogP contribution in [0.5, 0.6) is 5.75 Å². The lowest BCUT2D eigenvalue weighted by Crippen LogP contribution is -2.36. The minimum absolute atomic E-state index is 0.316. The number of carbonyl (C=O) groups excluding carboxylic acids is 1. The van der Waals surface area contributed by atoms with Gasteiger partial charge in [0.25, 0.3) is 5.91 Å². The molecule has 7 heteroatoms. The lowest BCUT2D eigenvalue weighted by atomic mass is 10.0. The quantitative estimate of drug-likeness (QED) is 0.355. The van der Waals surface area contributed by atoms with Gasteiger partial charge in [0.1, 0.15) is 11.4 Å². The van der Waals surface area contributed by atoms with Crippen LogP contribution in [0.2, 0.25) is 0 Å². The van der Waals surface area contributed by atoms with Crippen LogP contribution in [0.25, 0.3) is 27.7 Å². The summed E-state index contributed by atoms with van der Waals surface area (Å²) in [6.07, 6.45) is 0. The molecule has 0 radical (unpaired) electrons. The lowest BCUT2D eigenvalue weighted by molar-refractivity contribution is 0.0937. The summed E-state index contributed by atoms with van der Waals surface area (Å²) in [5.74, 6) is 0.333. The number of hydrogen-bond acceptors (Lipinski definition) is 4. The largest absolute Gasteiger partial charge is 0.496 e. The van der Waals surface area contributed by atoms with E-state index in [1.54, 1.807) is 13.2 Å². The van der Waals surface area contributed by atoms with Crippen molar-refractivity contribution in [3.63, 3.8) is 0 Å². The summed E-state index contributed by atoms with van der Waals surface area (Å²) in [6.45, 7) is 3.95. The van der Waals surface area contributed by atoms with Crippen molar-refractivity contribution in [1.29, 1.82) is 0 Å². The second-order valence-electron chi connectivity index (χ2n) is 6.60. The number of nitrogens with zero attached hydrogens (tertiary/aromatic N) is 1. The Labute approximate surface area is 182 Å². The molecule has 0 aliphatic rings. The first-order valence-electron chi connectivity index (χ1n) is 9.19. The van der Waals surface area contributed by atoms with Crippen LogP contribution in [0.1, 0.15) is 16.1 Å². The standard InChI is InChI=1S/C23H19BrN4O2/c1-14(15-7-10-17(24)11-8-15)25-28-23(29)20-13-19(26-27-20)22-18-6-4-3-5-16(18)9-12-21(22)30-2/h3-13,25H,1H2,2H3,(H,26,27)(H,28,29). The van der Waals surface area contributed by atoms with Crippen LogP contribution in [0, 0.1) is 0 Å². The van der Waals surface area contributed by atoms with Gasteiger partial charge in [-0.25, -0.2) is 0 Å². The second-order valence-corrected chi connectivity index (χ2v) is 7.51. The van der Waals surface area contributed by atoms with E-state index in [1.165, 1.54) is 0 Å². The maximum absolute atomic E-state index is 12.6. The number of H-pyrrole nitrogens is 1. The van der Waals surface area contributed by atoms with Crippen LogP contribution in [0.3, 0.4) is 0 Å². The van der Waals surface area contributed by atoms with E-state index >= 15 is 0 Å². The summed E-state index contributed by atoms with van der Waals surface area (Å²) >= 11 is 3.39. The highest BCUT2D eigenvalue weighted by Crippen LogP contribution is 2.36. The summed E-state index contributed by atoms with van der Waals surface area (Å²) < 4.78 is 6.50. The Bertz CT molecular complexity index is 1230. The molecule has 0 saturated heterocycles. The van der Waals surface area contributed by atoms with E-state index in [2.05, 4.69) is 43.6 Å². The molecule has 150 valence electrons. The van der Waals surface area contributed by atoms with Gasteiger partial charge in [-0.3, -0.25) is 20.7 Å². The van der Waals surface area contributed by atoms with Gasteiger partial charge in [0.15, 0.2) is 0 Å². The molecule has 3 N–H and O–H groups in total. The fourth-order valence-electron chi connectivity index (χ4n) is 3.17. The number of halogens is 1. The van der Waals surface area contributed by atoms with Gasteiger partial charge in [-0.05, 0) is 40.6 Å². The number of amides is 1. The first-order chi connectivity index (χ1) is 14.6. The molecule has 3 aromatic carbocycles. The second kappa shape index (κ2) is 8.42. The Balaban J connectivity index is 1.54. The van der Waals surface area contributed by atoms with Gasteiger partial charge >= 0.3 is 0 Å². The van der Waals surface area contributed by atoms with E-state index in [4.69, 9.17) is 4.74 Å². The van der Waals surface area contributed by atoms with Gasteiger partial charge in [-0.2, -0.15) is 5.10 Å². The molecule has 4 aromatic rings. The summed E-state index contributed by atoms with van der Waals surface area (Å²) in [5, 5.41) is 9.20. The van der Waals surface area contributed by atoms with E-state index in [0.717, 1.165) is 26.4 Å². The molecule has 30 heavy (non-hydrogen) atoms. The van der Waals surface area contributed by atoms with Gasteiger partial charge < -0.3 is 4.74 Å². The van der Waals surface area contributed by atoms with Crippen molar-refractivity contribution >= 4 is 38.3 Å². The molecule has 0 aliphatic heterocycles. The predicted molar refractivity (Wildman–Crippen MR) is 122 cm³/mol. The zero-order valence-electron chi connectivity index (χ0n) is 16.2. The Morgan fingerprint density at radius 2 is 1.83 bits per heavy atom. The van der Waals surface area contributed by atoms with Crippen LogP contribution in [-0.4, -0.2) is 23.2 Å². The third-order valence-electron chi connectivity index (χ3n) is 4.71. The SMILES string of the molecule is C=C(NNC(=O)c1cc(-c2c(OC)ccc3ccccc23)n[nH]1)c1ccc(Br)cc1. The van der Waals surface area contributed by atoms with Crippen molar-refractivity contribution < 1.29 is 9.53 Å². The average molecular weight is 463 g/mol. The molecule has 1 heterocycles. The smallest absolute Gasteiger partial charge is 0.287 e. The van der Waals surface area contributed by atoms with E-state index in [9.17, 15) is 4.79 Å². The average Bonchev–Trinajstić information content (AvgIpc) is 3.26. The van der Waals surface area contributed by atoms with Crippen LogP contribution < -0.4 is 15.6 Å². The van der Waals surface area contributed by atoms with E-state index < -0.39 is 0 Å². The van der Waals surface area contributed by atoms with Crippen molar-refractivity contribution in [1.82, 2.24) is 21.0 Å². The summed E-state index contributed by atoms with van der Waals surface area (Å²) in [4.78, 5) is 12.6. The topological polar surface area (TPSA) is 79.0 Å². The van der Waals surface area contributed by atoms with Crippen molar-refractivity contribution in [3.8, 4) is 17.0 Å². The van der Waals surface area contributed by atoms with Crippen molar-refractivity contribution in [2.24, 2.45) is 0 Å². The van der Waals surface area contributed by atoms with Crippen LogP contribution >= 0.6 is 15.9 Å². The molecule has 1 amide bonds. The summed E-state index contributed by atoms with van der Waals surface area (Å²) in [6, 6.07) is 21.2. The number of carbonyl (C=O) groups is 1. The highest BCUT2D eigenvalue weighted by atomic mass is 79.9. The number of ether oxygens (including phenoxy) is 1. The number of rotatable bonds is 6. The number of benzene rings is 3. The Hall–Kier alpha value is -3.58. The number of hydrogen-bond donors (Lipinski definition) is 3. The molecule has 0 spiro atoms. The molecule has 0 aliphatic carbocycles. The van der Waals surface area contributed by atoms with Gasteiger partial charge in [0.2, 0.25) is 0 Å². The Morgan fingerprint density at radius 3 is 2.60 bits per heavy atom. The first kappa shape index (κ1) is 19.7. The molecular weight excluding hydrogens is 444 g/mol. The normalized spacial score (nSPS) is 10.6. The van der Waals surface area contributed by atoms with Crippen LogP contribution in [0.15, 0.2) is 77.8 Å². The van der Waals surface area contributed by atoms with Crippen LogP contribution in [-0.2, 0) is 0 Å².